The third-order valence-corrected chi connectivity index (χ3v) is 4.37. The van der Waals surface area contributed by atoms with E-state index < -0.39 is 0 Å². The lowest BCUT2D eigenvalue weighted by molar-refractivity contribution is 0.0168. The van der Waals surface area contributed by atoms with Gasteiger partial charge in [-0.1, -0.05) is 23.2 Å². The predicted molar refractivity (Wildman–Crippen MR) is 119 cm³/mol. The molecule has 8 heteroatoms. The molecule has 1 heterocycles. The normalized spacial score (nSPS) is 17.0. The summed E-state index contributed by atoms with van der Waals surface area (Å²) in [6.45, 7) is 3.87. The Balaban J connectivity index is 0.00000338. The van der Waals surface area contributed by atoms with Crippen molar-refractivity contribution in [1.29, 1.82) is 0 Å². The Labute approximate surface area is 183 Å². The summed E-state index contributed by atoms with van der Waals surface area (Å²) in [6.07, 6.45) is 4.32. The van der Waals surface area contributed by atoms with Gasteiger partial charge in [-0.15, -0.1) is 24.0 Å². The minimum Gasteiger partial charge on any atom is -0.379 e. The average Bonchev–Trinajstić information content (AvgIpc) is 3.08. The van der Waals surface area contributed by atoms with Gasteiger partial charge in [-0.25, -0.2) is 0 Å². The summed E-state index contributed by atoms with van der Waals surface area (Å²) >= 11 is 12.0. The van der Waals surface area contributed by atoms with Gasteiger partial charge in [-0.05, 0) is 49.4 Å². The van der Waals surface area contributed by atoms with Gasteiger partial charge in [0.15, 0.2) is 5.96 Å². The van der Waals surface area contributed by atoms with E-state index in [0.717, 1.165) is 63.5 Å². The number of halogens is 3. The Hall–Kier alpha value is -0.280. The van der Waals surface area contributed by atoms with Gasteiger partial charge in [0.05, 0.1) is 12.7 Å². The van der Waals surface area contributed by atoms with Crippen molar-refractivity contribution < 1.29 is 9.47 Å². The number of nitrogens with zero attached hydrogens (tertiary/aromatic N) is 1. The number of hydrogen-bond acceptors (Lipinski definition) is 3. The van der Waals surface area contributed by atoms with Gasteiger partial charge in [-0.3, -0.25) is 4.99 Å². The van der Waals surface area contributed by atoms with Gasteiger partial charge >= 0.3 is 0 Å². The zero-order chi connectivity index (χ0) is 17.9. The van der Waals surface area contributed by atoms with Crippen LogP contribution < -0.4 is 10.6 Å². The van der Waals surface area contributed by atoms with E-state index in [1.165, 1.54) is 0 Å². The van der Waals surface area contributed by atoms with E-state index in [2.05, 4.69) is 15.6 Å². The fourth-order valence-electron chi connectivity index (χ4n) is 2.67. The molecule has 1 unspecified atom stereocenters. The monoisotopic (exact) mass is 515 g/mol. The van der Waals surface area contributed by atoms with Crippen LogP contribution in [0.25, 0.3) is 0 Å². The van der Waals surface area contributed by atoms with Crippen molar-refractivity contribution in [3.63, 3.8) is 0 Å². The third kappa shape index (κ3) is 9.60. The Kier molecular flexibility index (Phi) is 12.6. The number of rotatable bonds is 9. The molecule has 0 aromatic heterocycles. The molecule has 26 heavy (non-hydrogen) atoms. The number of benzene rings is 1. The van der Waals surface area contributed by atoms with E-state index >= 15 is 0 Å². The zero-order valence-electron chi connectivity index (χ0n) is 15.1. The fraction of sp³-hybridized carbons (Fsp3) is 0.611. The Bertz CT molecular complexity index is 535. The van der Waals surface area contributed by atoms with E-state index in [0.29, 0.717) is 22.8 Å². The molecule has 148 valence electrons. The van der Waals surface area contributed by atoms with Crippen LogP contribution in [-0.4, -0.2) is 52.0 Å². The van der Waals surface area contributed by atoms with Crippen LogP contribution in [0.5, 0.6) is 0 Å². The summed E-state index contributed by atoms with van der Waals surface area (Å²) in [6, 6.07) is 5.59. The highest BCUT2D eigenvalue weighted by molar-refractivity contribution is 14.0. The van der Waals surface area contributed by atoms with Crippen LogP contribution in [0.4, 0.5) is 0 Å². The first kappa shape index (κ1) is 23.8. The first-order valence-corrected chi connectivity index (χ1v) is 9.52. The van der Waals surface area contributed by atoms with Gasteiger partial charge in [-0.2, -0.15) is 0 Å². The van der Waals surface area contributed by atoms with E-state index in [4.69, 9.17) is 32.7 Å². The lowest BCUT2D eigenvalue weighted by Gasteiger charge is -2.13. The minimum absolute atomic E-state index is 0. The first-order valence-electron chi connectivity index (χ1n) is 8.76. The highest BCUT2D eigenvalue weighted by atomic mass is 127. The molecule has 0 bridgehead atoms. The summed E-state index contributed by atoms with van der Waals surface area (Å²) < 4.78 is 11.2. The molecule has 1 aromatic carbocycles. The third-order valence-electron chi connectivity index (χ3n) is 3.94. The first-order chi connectivity index (χ1) is 12.2. The van der Waals surface area contributed by atoms with Gasteiger partial charge in [0, 0.05) is 43.4 Å². The molecular weight excluding hydrogens is 488 g/mol. The molecule has 1 atom stereocenters. The minimum atomic E-state index is 0. The van der Waals surface area contributed by atoms with Crippen molar-refractivity contribution in [2.24, 2.45) is 4.99 Å². The molecule has 1 aliphatic heterocycles. The molecule has 1 aliphatic rings. The van der Waals surface area contributed by atoms with Crippen LogP contribution in [-0.2, 0) is 15.9 Å². The zero-order valence-corrected chi connectivity index (χ0v) is 18.9. The standard InChI is InChI=1S/C18H27Cl2N3O2.HI/c1-21-18(22-6-3-8-24-13-17-4-2-9-25-17)23-7-5-14-10-15(19)12-16(20)11-14;/h10-12,17H,2-9,13H2,1H3,(H2,21,22,23);1H. The molecule has 5 nitrogen and oxygen atoms in total. The highest BCUT2D eigenvalue weighted by Crippen LogP contribution is 2.19. The van der Waals surface area contributed by atoms with E-state index in [-0.39, 0.29) is 24.0 Å². The predicted octanol–water partition coefficient (Wildman–Crippen LogP) is 3.90. The van der Waals surface area contributed by atoms with E-state index in [9.17, 15) is 0 Å². The molecular formula is C18H28Cl2IN3O2. The van der Waals surface area contributed by atoms with Crippen LogP contribution in [0.1, 0.15) is 24.8 Å². The molecule has 1 fully saturated rings. The number of hydrogen-bond donors (Lipinski definition) is 2. The van der Waals surface area contributed by atoms with Crippen molar-refractivity contribution in [2.75, 3.05) is 40.0 Å². The van der Waals surface area contributed by atoms with Gasteiger partial charge < -0.3 is 20.1 Å². The molecule has 2 rings (SSSR count). The maximum absolute atomic E-state index is 6.01. The van der Waals surface area contributed by atoms with Crippen molar-refractivity contribution in [1.82, 2.24) is 10.6 Å². The summed E-state index contributed by atoms with van der Waals surface area (Å²) in [5.41, 5.74) is 1.10. The summed E-state index contributed by atoms with van der Waals surface area (Å²) in [5, 5.41) is 7.89. The molecule has 0 amide bonds. The molecule has 2 N–H and O–H groups in total. The summed E-state index contributed by atoms with van der Waals surface area (Å²) in [4.78, 5) is 4.22. The molecule has 0 radical (unpaired) electrons. The Morgan fingerprint density at radius 2 is 1.96 bits per heavy atom. The molecule has 1 saturated heterocycles. The smallest absolute Gasteiger partial charge is 0.190 e. The number of nitrogens with one attached hydrogen (secondary N) is 2. The Morgan fingerprint density at radius 3 is 2.62 bits per heavy atom. The summed E-state index contributed by atoms with van der Waals surface area (Å²) in [7, 11) is 1.76. The number of ether oxygens (including phenoxy) is 2. The second kappa shape index (κ2) is 13.8. The van der Waals surface area contributed by atoms with Crippen LogP contribution in [0, 0.1) is 0 Å². The average molecular weight is 516 g/mol. The van der Waals surface area contributed by atoms with Crippen molar-refractivity contribution in [2.45, 2.75) is 31.8 Å². The topological polar surface area (TPSA) is 54.9 Å². The number of aliphatic imine (C=N–C) groups is 1. The molecule has 1 aromatic rings. The Morgan fingerprint density at radius 1 is 1.23 bits per heavy atom. The van der Waals surface area contributed by atoms with E-state index in [1.54, 1.807) is 13.1 Å². The SMILES string of the molecule is CN=C(NCCCOCC1CCCO1)NCCc1cc(Cl)cc(Cl)c1.I. The van der Waals surface area contributed by atoms with Gasteiger partial charge in [0.1, 0.15) is 0 Å². The molecule has 0 saturated carbocycles. The highest BCUT2D eigenvalue weighted by Gasteiger charge is 2.14. The van der Waals surface area contributed by atoms with Crippen molar-refractivity contribution in [3.05, 3.63) is 33.8 Å². The van der Waals surface area contributed by atoms with Crippen molar-refractivity contribution >= 4 is 53.1 Å². The van der Waals surface area contributed by atoms with Gasteiger partial charge in [0.2, 0.25) is 0 Å². The second-order valence-electron chi connectivity index (χ2n) is 6.02. The quantitative estimate of drug-likeness (QED) is 0.226. The maximum Gasteiger partial charge on any atom is 0.190 e. The van der Waals surface area contributed by atoms with Crippen LogP contribution in [0.3, 0.4) is 0 Å². The van der Waals surface area contributed by atoms with Crippen molar-refractivity contribution in [3.8, 4) is 0 Å². The van der Waals surface area contributed by atoms with Crippen LogP contribution in [0.15, 0.2) is 23.2 Å². The summed E-state index contributed by atoms with van der Waals surface area (Å²) in [5.74, 6) is 0.784. The van der Waals surface area contributed by atoms with Crippen LogP contribution in [0.2, 0.25) is 10.0 Å². The lowest BCUT2D eigenvalue weighted by atomic mass is 10.1. The fourth-order valence-corrected chi connectivity index (χ4v) is 3.24. The van der Waals surface area contributed by atoms with E-state index in [1.807, 2.05) is 12.1 Å². The molecule has 0 spiro atoms. The number of guanidine groups is 1. The van der Waals surface area contributed by atoms with Crippen LogP contribution >= 0.6 is 47.2 Å². The maximum atomic E-state index is 6.01. The second-order valence-corrected chi connectivity index (χ2v) is 6.89. The molecule has 0 aliphatic carbocycles. The van der Waals surface area contributed by atoms with Gasteiger partial charge in [0.25, 0.3) is 0 Å². The lowest BCUT2D eigenvalue weighted by Crippen LogP contribution is -2.39. The largest absolute Gasteiger partial charge is 0.379 e.